The van der Waals surface area contributed by atoms with Gasteiger partial charge in [-0.3, -0.25) is 4.98 Å². The van der Waals surface area contributed by atoms with Crippen molar-refractivity contribution in [2.45, 2.75) is 13.5 Å². The molecule has 2 aromatic rings. The van der Waals surface area contributed by atoms with Gasteiger partial charge in [0, 0.05) is 30.0 Å². The van der Waals surface area contributed by atoms with Crippen molar-refractivity contribution in [2.24, 2.45) is 0 Å². The van der Waals surface area contributed by atoms with Crippen molar-refractivity contribution in [1.29, 1.82) is 0 Å². The molecule has 0 radical (unpaired) electrons. The highest BCUT2D eigenvalue weighted by molar-refractivity contribution is 7.15. The Morgan fingerprint density at radius 1 is 1.36 bits per heavy atom. The molecular formula is C10H11N3S. The van der Waals surface area contributed by atoms with Gasteiger partial charge in [-0.1, -0.05) is 0 Å². The highest BCUT2D eigenvalue weighted by Gasteiger charge is 1.97. The first-order valence-electron chi connectivity index (χ1n) is 4.40. The summed E-state index contributed by atoms with van der Waals surface area (Å²) in [6, 6.07) is 3.99. The predicted molar refractivity (Wildman–Crippen MR) is 58.4 cm³/mol. The molecule has 1 N–H and O–H groups in total. The molecule has 0 atom stereocenters. The van der Waals surface area contributed by atoms with Gasteiger partial charge in [-0.25, -0.2) is 4.98 Å². The lowest BCUT2D eigenvalue weighted by Gasteiger charge is -2.01. The first-order valence-corrected chi connectivity index (χ1v) is 5.21. The zero-order valence-electron chi connectivity index (χ0n) is 7.90. The molecule has 0 unspecified atom stereocenters. The Hall–Kier alpha value is -1.42. The zero-order chi connectivity index (χ0) is 9.80. The van der Waals surface area contributed by atoms with Crippen molar-refractivity contribution >= 4 is 16.5 Å². The van der Waals surface area contributed by atoms with Gasteiger partial charge >= 0.3 is 0 Å². The fourth-order valence-electron chi connectivity index (χ4n) is 1.11. The van der Waals surface area contributed by atoms with Crippen LogP contribution in [-0.4, -0.2) is 9.97 Å². The number of nitrogens with zero attached hydrogens (tertiary/aromatic N) is 2. The van der Waals surface area contributed by atoms with Gasteiger partial charge in [0.2, 0.25) is 0 Å². The average molecular weight is 205 g/mol. The normalized spacial score (nSPS) is 10.1. The number of anilines is 1. The summed E-state index contributed by atoms with van der Waals surface area (Å²) >= 11 is 1.67. The molecule has 2 heterocycles. The van der Waals surface area contributed by atoms with E-state index in [0.29, 0.717) is 0 Å². The second-order valence-corrected chi connectivity index (χ2v) is 4.22. The Labute approximate surface area is 86.8 Å². The van der Waals surface area contributed by atoms with Crippen molar-refractivity contribution < 1.29 is 0 Å². The fourth-order valence-corrected chi connectivity index (χ4v) is 1.77. The van der Waals surface area contributed by atoms with Crippen molar-refractivity contribution in [1.82, 2.24) is 9.97 Å². The van der Waals surface area contributed by atoms with Gasteiger partial charge in [0.25, 0.3) is 0 Å². The van der Waals surface area contributed by atoms with Crippen LogP contribution in [0.5, 0.6) is 0 Å². The van der Waals surface area contributed by atoms with E-state index in [2.05, 4.69) is 22.2 Å². The SMILES string of the molecule is Cc1cnc(NCc2ccncc2)s1. The molecule has 0 fully saturated rings. The number of hydrogen-bond acceptors (Lipinski definition) is 4. The quantitative estimate of drug-likeness (QED) is 0.836. The Morgan fingerprint density at radius 2 is 2.14 bits per heavy atom. The molecule has 14 heavy (non-hydrogen) atoms. The van der Waals surface area contributed by atoms with E-state index in [1.165, 1.54) is 10.4 Å². The third-order valence-corrected chi connectivity index (χ3v) is 2.68. The van der Waals surface area contributed by atoms with E-state index in [-0.39, 0.29) is 0 Å². The number of aromatic nitrogens is 2. The third-order valence-electron chi connectivity index (χ3n) is 1.81. The fraction of sp³-hybridized carbons (Fsp3) is 0.200. The number of aryl methyl sites for hydroxylation is 1. The maximum atomic E-state index is 4.22. The number of rotatable bonds is 3. The lowest BCUT2D eigenvalue weighted by Crippen LogP contribution is -1.98. The number of pyridine rings is 1. The number of thiazole rings is 1. The third kappa shape index (κ3) is 2.29. The molecule has 0 saturated carbocycles. The first kappa shape index (κ1) is 9.15. The molecule has 0 aliphatic rings. The van der Waals surface area contributed by atoms with Gasteiger partial charge in [-0.05, 0) is 24.6 Å². The van der Waals surface area contributed by atoms with Crippen LogP contribution in [0.4, 0.5) is 5.13 Å². The van der Waals surface area contributed by atoms with Crippen LogP contribution in [0, 0.1) is 6.92 Å². The van der Waals surface area contributed by atoms with Gasteiger partial charge < -0.3 is 5.32 Å². The number of hydrogen-bond donors (Lipinski definition) is 1. The molecule has 0 aliphatic carbocycles. The lowest BCUT2D eigenvalue weighted by atomic mass is 10.3. The molecule has 4 heteroatoms. The molecule has 0 amide bonds. The van der Waals surface area contributed by atoms with Crippen molar-refractivity contribution in [3.63, 3.8) is 0 Å². The summed E-state index contributed by atoms with van der Waals surface area (Å²) in [5.41, 5.74) is 1.22. The van der Waals surface area contributed by atoms with Crippen LogP contribution in [0.1, 0.15) is 10.4 Å². The van der Waals surface area contributed by atoms with Gasteiger partial charge in [0.15, 0.2) is 5.13 Å². The molecule has 0 bridgehead atoms. The number of nitrogens with one attached hydrogen (secondary N) is 1. The van der Waals surface area contributed by atoms with Crippen LogP contribution in [0.2, 0.25) is 0 Å². The monoisotopic (exact) mass is 205 g/mol. The Balaban J connectivity index is 1.95. The smallest absolute Gasteiger partial charge is 0.183 e. The van der Waals surface area contributed by atoms with Gasteiger partial charge in [-0.15, -0.1) is 11.3 Å². The molecule has 2 rings (SSSR count). The topological polar surface area (TPSA) is 37.8 Å². The summed E-state index contributed by atoms with van der Waals surface area (Å²) in [4.78, 5) is 9.41. The first-order chi connectivity index (χ1) is 6.84. The van der Waals surface area contributed by atoms with Crippen molar-refractivity contribution in [2.75, 3.05) is 5.32 Å². The van der Waals surface area contributed by atoms with Crippen LogP contribution >= 0.6 is 11.3 Å². The minimum Gasteiger partial charge on any atom is -0.357 e. The molecule has 3 nitrogen and oxygen atoms in total. The van der Waals surface area contributed by atoms with Crippen LogP contribution in [-0.2, 0) is 6.54 Å². The Morgan fingerprint density at radius 3 is 2.79 bits per heavy atom. The summed E-state index contributed by atoms with van der Waals surface area (Å²) in [5.74, 6) is 0. The summed E-state index contributed by atoms with van der Waals surface area (Å²) < 4.78 is 0. The van der Waals surface area contributed by atoms with Crippen LogP contribution in [0.25, 0.3) is 0 Å². The molecule has 0 aliphatic heterocycles. The summed E-state index contributed by atoms with van der Waals surface area (Å²) in [6.45, 7) is 2.85. The Bertz CT molecular complexity index is 397. The molecular weight excluding hydrogens is 194 g/mol. The maximum Gasteiger partial charge on any atom is 0.183 e. The molecule has 0 saturated heterocycles. The van der Waals surface area contributed by atoms with E-state index >= 15 is 0 Å². The largest absolute Gasteiger partial charge is 0.357 e. The van der Waals surface area contributed by atoms with Crippen LogP contribution in [0.3, 0.4) is 0 Å². The average Bonchev–Trinajstić information content (AvgIpc) is 2.63. The van der Waals surface area contributed by atoms with E-state index in [9.17, 15) is 0 Å². The van der Waals surface area contributed by atoms with E-state index in [1.54, 1.807) is 23.7 Å². The van der Waals surface area contributed by atoms with E-state index < -0.39 is 0 Å². The van der Waals surface area contributed by atoms with E-state index in [4.69, 9.17) is 0 Å². The molecule has 0 spiro atoms. The van der Waals surface area contributed by atoms with E-state index in [1.807, 2.05) is 18.3 Å². The molecule has 2 aromatic heterocycles. The minimum absolute atomic E-state index is 0.801. The second kappa shape index (κ2) is 4.19. The van der Waals surface area contributed by atoms with Crippen LogP contribution < -0.4 is 5.32 Å². The van der Waals surface area contributed by atoms with E-state index in [0.717, 1.165) is 11.7 Å². The summed E-state index contributed by atoms with van der Waals surface area (Å²) in [6.07, 6.45) is 5.47. The molecule has 72 valence electrons. The lowest BCUT2D eigenvalue weighted by molar-refractivity contribution is 1.12. The highest BCUT2D eigenvalue weighted by atomic mass is 32.1. The van der Waals surface area contributed by atoms with Crippen molar-refractivity contribution in [3.8, 4) is 0 Å². The highest BCUT2D eigenvalue weighted by Crippen LogP contribution is 2.17. The minimum atomic E-state index is 0.801. The maximum absolute atomic E-state index is 4.22. The van der Waals surface area contributed by atoms with Gasteiger partial charge in [-0.2, -0.15) is 0 Å². The summed E-state index contributed by atoms with van der Waals surface area (Å²) in [5, 5.41) is 4.23. The standard InChI is InChI=1S/C10H11N3S/c1-8-6-12-10(14-8)13-7-9-2-4-11-5-3-9/h2-6H,7H2,1H3,(H,12,13). The zero-order valence-corrected chi connectivity index (χ0v) is 8.71. The predicted octanol–water partition coefficient (Wildman–Crippen LogP) is 2.46. The van der Waals surface area contributed by atoms with Gasteiger partial charge in [0.05, 0.1) is 0 Å². The molecule has 0 aromatic carbocycles. The summed E-state index contributed by atoms with van der Waals surface area (Å²) in [7, 11) is 0. The van der Waals surface area contributed by atoms with Gasteiger partial charge in [0.1, 0.15) is 0 Å². The second-order valence-electron chi connectivity index (χ2n) is 2.99. The van der Waals surface area contributed by atoms with Crippen LogP contribution in [0.15, 0.2) is 30.7 Å². The van der Waals surface area contributed by atoms with Crippen molar-refractivity contribution in [3.05, 3.63) is 41.2 Å². The Kier molecular flexibility index (Phi) is 2.74.